The van der Waals surface area contributed by atoms with Crippen LogP contribution in [0.1, 0.15) is 11.1 Å². The van der Waals surface area contributed by atoms with Crippen LogP contribution < -0.4 is 4.90 Å². The van der Waals surface area contributed by atoms with Gasteiger partial charge in [-0.2, -0.15) is 0 Å². The molecule has 0 bridgehead atoms. The largest absolute Gasteiger partial charge is 0.444 e. The molecule has 20 heavy (non-hydrogen) atoms. The topological polar surface area (TPSA) is 29.5 Å². The standard InChI is InChI=1S/C17H15NO2/c1-3-14-10-7-11-16(12-14)18(2)17(19)20-13-15-8-5-4-6-9-15/h1,4-12H,13H2,2H3. The Balaban J connectivity index is 2.00. The molecule has 3 nitrogen and oxygen atoms in total. The van der Waals surface area contributed by atoms with Gasteiger partial charge < -0.3 is 4.74 Å². The van der Waals surface area contributed by atoms with Crippen LogP contribution >= 0.6 is 0 Å². The molecule has 0 unspecified atom stereocenters. The molecule has 0 heterocycles. The van der Waals surface area contributed by atoms with Gasteiger partial charge in [-0.15, -0.1) is 6.42 Å². The highest BCUT2D eigenvalue weighted by atomic mass is 16.6. The van der Waals surface area contributed by atoms with Crippen LogP contribution in [-0.2, 0) is 11.3 Å². The molecule has 100 valence electrons. The van der Waals surface area contributed by atoms with Crippen molar-refractivity contribution >= 4 is 11.8 Å². The first kappa shape index (κ1) is 13.7. The van der Waals surface area contributed by atoms with Crippen molar-refractivity contribution in [3.8, 4) is 12.3 Å². The molecule has 1 amide bonds. The minimum Gasteiger partial charge on any atom is -0.444 e. The molecule has 0 radical (unpaired) electrons. The molecule has 0 N–H and O–H groups in total. The zero-order valence-corrected chi connectivity index (χ0v) is 11.2. The first-order valence-corrected chi connectivity index (χ1v) is 6.22. The van der Waals surface area contributed by atoms with Gasteiger partial charge in [0.15, 0.2) is 0 Å². The fourth-order valence-electron chi connectivity index (χ4n) is 1.73. The molecule has 2 aromatic carbocycles. The maximum absolute atomic E-state index is 12.0. The summed E-state index contributed by atoms with van der Waals surface area (Å²) in [6.07, 6.45) is 4.93. The van der Waals surface area contributed by atoms with Gasteiger partial charge in [-0.25, -0.2) is 4.79 Å². The van der Waals surface area contributed by atoms with Crippen molar-refractivity contribution in [1.29, 1.82) is 0 Å². The lowest BCUT2D eigenvalue weighted by atomic mass is 10.2. The molecule has 0 fully saturated rings. The van der Waals surface area contributed by atoms with E-state index in [1.807, 2.05) is 48.5 Å². The van der Waals surface area contributed by atoms with Crippen molar-refractivity contribution < 1.29 is 9.53 Å². The monoisotopic (exact) mass is 265 g/mol. The van der Waals surface area contributed by atoms with E-state index in [1.54, 1.807) is 13.1 Å². The van der Waals surface area contributed by atoms with Gasteiger partial charge in [-0.3, -0.25) is 4.90 Å². The molecule has 0 atom stereocenters. The van der Waals surface area contributed by atoms with Crippen LogP contribution in [0.25, 0.3) is 0 Å². The number of rotatable bonds is 3. The first-order valence-electron chi connectivity index (χ1n) is 6.22. The van der Waals surface area contributed by atoms with Gasteiger partial charge in [-0.1, -0.05) is 42.3 Å². The van der Waals surface area contributed by atoms with Gasteiger partial charge in [0, 0.05) is 18.3 Å². The van der Waals surface area contributed by atoms with Crippen LogP contribution in [0.15, 0.2) is 54.6 Å². The van der Waals surface area contributed by atoms with Crippen LogP contribution in [-0.4, -0.2) is 13.1 Å². The number of nitrogens with zero attached hydrogens (tertiary/aromatic N) is 1. The minimum atomic E-state index is -0.414. The molecule has 0 spiro atoms. The summed E-state index contributed by atoms with van der Waals surface area (Å²) < 4.78 is 5.25. The summed E-state index contributed by atoms with van der Waals surface area (Å²) in [6.45, 7) is 0.249. The Bertz CT molecular complexity index is 629. The van der Waals surface area contributed by atoms with Gasteiger partial charge in [0.1, 0.15) is 6.61 Å². The number of anilines is 1. The average Bonchev–Trinajstić information content (AvgIpc) is 2.53. The Labute approximate surface area is 118 Å². The summed E-state index contributed by atoms with van der Waals surface area (Å²) in [5.41, 5.74) is 2.38. The zero-order valence-electron chi connectivity index (χ0n) is 11.2. The molecule has 0 aliphatic carbocycles. The molecular formula is C17H15NO2. The van der Waals surface area contributed by atoms with E-state index in [-0.39, 0.29) is 6.61 Å². The Morgan fingerprint density at radius 3 is 2.65 bits per heavy atom. The molecule has 0 saturated carbocycles. The van der Waals surface area contributed by atoms with Crippen LogP contribution in [0, 0.1) is 12.3 Å². The lowest BCUT2D eigenvalue weighted by Crippen LogP contribution is -2.26. The van der Waals surface area contributed by atoms with E-state index >= 15 is 0 Å². The molecule has 0 aliphatic rings. The summed E-state index contributed by atoms with van der Waals surface area (Å²) in [7, 11) is 1.66. The molecule has 3 heteroatoms. The van der Waals surface area contributed by atoms with E-state index in [1.165, 1.54) is 4.90 Å². The minimum absolute atomic E-state index is 0.249. The van der Waals surface area contributed by atoms with E-state index in [2.05, 4.69) is 5.92 Å². The lowest BCUT2D eigenvalue weighted by molar-refractivity contribution is 0.148. The molecule has 0 aliphatic heterocycles. The molecule has 0 aromatic heterocycles. The second-order valence-electron chi connectivity index (χ2n) is 4.29. The third-order valence-corrected chi connectivity index (χ3v) is 2.88. The number of amides is 1. The summed E-state index contributed by atoms with van der Waals surface area (Å²) in [5, 5.41) is 0. The predicted octanol–water partition coefficient (Wildman–Crippen LogP) is 3.44. The first-order chi connectivity index (χ1) is 9.70. The van der Waals surface area contributed by atoms with Gasteiger partial charge in [0.05, 0.1) is 0 Å². The number of terminal acetylenes is 1. The quantitative estimate of drug-likeness (QED) is 0.796. The number of ether oxygens (including phenoxy) is 1. The highest BCUT2D eigenvalue weighted by molar-refractivity contribution is 5.87. The van der Waals surface area contributed by atoms with Crippen molar-refractivity contribution in [3.63, 3.8) is 0 Å². The lowest BCUT2D eigenvalue weighted by Gasteiger charge is -2.17. The third-order valence-electron chi connectivity index (χ3n) is 2.88. The van der Waals surface area contributed by atoms with Crippen LogP contribution in [0.3, 0.4) is 0 Å². The van der Waals surface area contributed by atoms with Crippen molar-refractivity contribution in [2.75, 3.05) is 11.9 Å². The van der Waals surface area contributed by atoms with E-state index in [4.69, 9.17) is 11.2 Å². The van der Waals surface area contributed by atoms with Crippen molar-refractivity contribution in [2.45, 2.75) is 6.61 Å². The second-order valence-corrected chi connectivity index (χ2v) is 4.29. The fraction of sp³-hybridized carbons (Fsp3) is 0.118. The fourth-order valence-corrected chi connectivity index (χ4v) is 1.73. The summed E-state index contributed by atoms with van der Waals surface area (Å²) in [6, 6.07) is 16.8. The highest BCUT2D eigenvalue weighted by Gasteiger charge is 2.12. The van der Waals surface area contributed by atoms with Gasteiger partial charge >= 0.3 is 6.09 Å². The van der Waals surface area contributed by atoms with Crippen LogP contribution in [0.5, 0.6) is 0 Å². The van der Waals surface area contributed by atoms with E-state index in [9.17, 15) is 4.79 Å². The summed E-state index contributed by atoms with van der Waals surface area (Å²) in [5.74, 6) is 2.54. The number of benzene rings is 2. The van der Waals surface area contributed by atoms with E-state index < -0.39 is 6.09 Å². The third kappa shape index (κ3) is 3.39. The molecule has 2 aromatic rings. The van der Waals surface area contributed by atoms with E-state index in [0.717, 1.165) is 11.1 Å². The number of carbonyl (C=O) groups excluding carboxylic acids is 1. The number of hydrogen-bond donors (Lipinski definition) is 0. The Hall–Kier alpha value is -2.73. The van der Waals surface area contributed by atoms with Crippen LogP contribution in [0.4, 0.5) is 10.5 Å². The average molecular weight is 265 g/mol. The SMILES string of the molecule is C#Cc1cccc(N(C)C(=O)OCc2ccccc2)c1. The van der Waals surface area contributed by atoms with Gasteiger partial charge in [0.25, 0.3) is 0 Å². The molecule has 2 rings (SSSR count). The Kier molecular flexibility index (Phi) is 4.41. The predicted molar refractivity (Wildman–Crippen MR) is 79.4 cm³/mol. The summed E-state index contributed by atoms with van der Waals surface area (Å²) in [4.78, 5) is 13.4. The number of hydrogen-bond acceptors (Lipinski definition) is 2. The molecular weight excluding hydrogens is 250 g/mol. The number of carbonyl (C=O) groups is 1. The maximum Gasteiger partial charge on any atom is 0.414 e. The van der Waals surface area contributed by atoms with Crippen molar-refractivity contribution in [2.24, 2.45) is 0 Å². The van der Waals surface area contributed by atoms with Crippen LogP contribution in [0.2, 0.25) is 0 Å². The van der Waals surface area contributed by atoms with Gasteiger partial charge in [-0.05, 0) is 23.8 Å². The van der Waals surface area contributed by atoms with Crippen molar-refractivity contribution in [1.82, 2.24) is 0 Å². The van der Waals surface area contributed by atoms with E-state index in [0.29, 0.717) is 5.69 Å². The van der Waals surface area contributed by atoms with Gasteiger partial charge in [0.2, 0.25) is 0 Å². The Morgan fingerprint density at radius 2 is 1.95 bits per heavy atom. The second kappa shape index (κ2) is 6.44. The normalized spacial score (nSPS) is 9.60. The molecule has 0 saturated heterocycles. The maximum atomic E-state index is 12.0. The summed E-state index contributed by atoms with van der Waals surface area (Å²) >= 11 is 0. The Morgan fingerprint density at radius 1 is 1.20 bits per heavy atom. The van der Waals surface area contributed by atoms with Crippen molar-refractivity contribution in [3.05, 3.63) is 65.7 Å². The smallest absolute Gasteiger partial charge is 0.414 e. The highest BCUT2D eigenvalue weighted by Crippen LogP contribution is 2.15. The zero-order chi connectivity index (χ0) is 14.4.